The smallest absolute Gasteiger partial charge is 0.324 e. The Balaban J connectivity index is 2.74. The molecular weight excluding hydrogens is 220 g/mol. The maximum Gasteiger partial charge on any atom is 0.324 e. The van der Waals surface area contributed by atoms with Crippen LogP contribution in [0.5, 0.6) is 0 Å². The first-order valence-electron chi connectivity index (χ1n) is 5.99. The number of ether oxygens (including phenoxy) is 1. The lowest BCUT2D eigenvalue weighted by atomic mass is 9.77. The van der Waals surface area contributed by atoms with E-state index in [9.17, 15) is 14.4 Å². The fraction of sp³-hybridized carbons (Fsp3) is 0.769. The highest BCUT2D eigenvalue weighted by molar-refractivity contribution is 6.17. The molecule has 17 heavy (non-hydrogen) atoms. The molecule has 0 radical (unpaired) electrons. The molecule has 1 aliphatic rings. The van der Waals surface area contributed by atoms with Crippen LogP contribution < -0.4 is 0 Å². The van der Waals surface area contributed by atoms with Crippen LogP contribution in [0.15, 0.2) is 0 Å². The average Bonchev–Trinajstić information content (AvgIpc) is 1.94. The molecule has 96 valence electrons. The quantitative estimate of drug-likeness (QED) is 0.556. The summed E-state index contributed by atoms with van der Waals surface area (Å²) in [7, 11) is 0. The summed E-state index contributed by atoms with van der Waals surface area (Å²) in [4.78, 5) is 35.2. The van der Waals surface area contributed by atoms with Crippen molar-refractivity contribution in [2.45, 2.75) is 52.6 Å². The summed E-state index contributed by atoms with van der Waals surface area (Å²) in [6, 6.07) is 0. The second-order valence-corrected chi connectivity index (χ2v) is 5.61. The van der Waals surface area contributed by atoms with Crippen molar-refractivity contribution in [2.24, 2.45) is 11.8 Å². The third kappa shape index (κ3) is 3.65. The van der Waals surface area contributed by atoms with Crippen LogP contribution in [0.4, 0.5) is 0 Å². The number of Topliss-reactive ketones (excluding diaryl/α,β-unsaturated/α-hetero) is 2. The Labute approximate surface area is 102 Å². The van der Waals surface area contributed by atoms with Crippen LogP contribution in [0, 0.1) is 11.8 Å². The van der Waals surface area contributed by atoms with Crippen molar-refractivity contribution in [1.29, 1.82) is 0 Å². The van der Waals surface area contributed by atoms with Gasteiger partial charge in [0.2, 0.25) is 0 Å². The van der Waals surface area contributed by atoms with Crippen molar-refractivity contribution in [2.75, 3.05) is 0 Å². The van der Waals surface area contributed by atoms with Gasteiger partial charge in [0.05, 0.1) is 0 Å². The second kappa shape index (κ2) is 4.98. The van der Waals surface area contributed by atoms with Crippen LogP contribution in [0.3, 0.4) is 0 Å². The summed E-state index contributed by atoms with van der Waals surface area (Å²) in [5.41, 5.74) is -0.676. The zero-order valence-electron chi connectivity index (χ0n) is 10.9. The first kappa shape index (κ1) is 13.9. The Hall–Kier alpha value is -1.19. The van der Waals surface area contributed by atoms with E-state index in [2.05, 4.69) is 0 Å². The summed E-state index contributed by atoms with van der Waals surface area (Å²) >= 11 is 0. The Kier molecular flexibility index (Phi) is 4.07. The van der Waals surface area contributed by atoms with Gasteiger partial charge in [-0.25, -0.2) is 0 Å². The topological polar surface area (TPSA) is 60.4 Å². The van der Waals surface area contributed by atoms with E-state index in [0.29, 0.717) is 0 Å². The minimum absolute atomic E-state index is 0.128. The zero-order chi connectivity index (χ0) is 13.2. The lowest BCUT2D eigenvalue weighted by molar-refractivity contribution is -0.164. The monoisotopic (exact) mass is 240 g/mol. The van der Waals surface area contributed by atoms with E-state index >= 15 is 0 Å². The van der Waals surface area contributed by atoms with Crippen molar-refractivity contribution in [3.8, 4) is 0 Å². The summed E-state index contributed by atoms with van der Waals surface area (Å²) in [5.74, 6) is -2.74. The van der Waals surface area contributed by atoms with Crippen LogP contribution in [-0.2, 0) is 19.1 Å². The van der Waals surface area contributed by atoms with E-state index in [0.717, 1.165) is 19.3 Å². The fourth-order valence-corrected chi connectivity index (χ4v) is 1.77. The Morgan fingerprint density at radius 2 is 1.71 bits per heavy atom. The number of carbonyl (C=O) groups is 3. The number of ketones is 2. The first-order valence-corrected chi connectivity index (χ1v) is 5.99. The lowest BCUT2D eigenvalue weighted by Crippen LogP contribution is -2.40. The Bertz CT molecular complexity index is 334. The van der Waals surface area contributed by atoms with Gasteiger partial charge in [0.1, 0.15) is 5.60 Å². The number of carbonyl (C=O) groups excluding carboxylic acids is 3. The molecule has 0 bridgehead atoms. The summed E-state index contributed by atoms with van der Waals surface area (Å²) in [6.07, 6.45) is 2.56. The summed E-state index contributed by atoms with van der Waals surface area (Å²) in [6.45, 7) is 6.42. The predicted octanol–water partition coefficient (Wildman–Crippen LogP) is 1.90. The molecule has 0 aliphatic heterocycles. The largest absolute Gasteiger partial charge is 0.459 e. The molecule has 1 saturated carbocycles. The molecule has 1 fully saturated rings. The summed E-state index contributed by atoms with van der Waals surface area (Å²) in [5, 5.41) is 0. The molecule has 0 heterocycles. The van der Waals surface area contributed by atoms with Crippen LogP contribution in [0.1, 0.15) is 47.0 Å². The lowest BCUT2D eigenvalue weighted by Gasteiger charge is -2.28. The van der Waals surface area contributed by atoms with Gasteiger partial charge in [-0.3, -0.25) is 14.4 Å². The standard InChI is InChI=1S/C13H20O4/c1-8(14)10(11(15)9-6-5-7-9)12(16)17-13(2,3)4/h9-10H,5-7H2,1-4H3/t10-/m1/s1. The second-order valence-electron chi connectivity index (χ2n) is 5.61. The van der Waals surface area contributed by atoms with Gasteiger partial charge in [0, 0.05) is 5.92 Å². The average molecular weight is 240 g/mol. The van der Waals surface area contributed by atoms with E-state index in [4.69, 9.17) is 4.74 Å². The van der Waals surface area contributed by atoms with Gasteiger partial charge in [-0.1, -0.05) is 6.42 Å². The summed E-state index contributed by atoms with van der Waals surface area (Å²) < 4.78 is 5.12. The molecule has 1 rings (SSSR count). The Morgan fingerprint density at radius 3 is 2.00 bits per heavy atom. The van der Waals surface area contributed by atoms with Crippen molar-refractivity contribution >= 4 is 17.5 Å². The molecule has 1 aliphatic carbocycles. The van der Waals surface area contributed by atoms with Crippen molar-refractivity contribution in [3.05, 3.63) is 0 Å². The van der Waals surface area contributed by atoms with Crippen LogP contribution >= 0.6 is 0 Å². The molecule has 4 heteroatoms. The van der Waals surface area contributed by atoms with Gasteiger partial charge in [-0.15, -0.1) is 0 Å². The number of rotatable bonds is 4. The van der Waals surface area contributed by atoms with E-state index in [-0.39, 0.29) is 11.7 Å². The van der Waals surface area contributed by atoms with Gasteiger partial charge in [0.15, 0.2) is 17.5 Å². The van der Waals surface area contributed by atoms with Gasteiger partial charge in [-0.2, -0.15) is 0 Å². The third-order valence-electron chi connectivity index (χ3n) is 2.84. The molecule has 0 spiro atoms. The maximum absolute atomic E-state index is 12.0. The minimum Gasteiger partial charge on any atom is -0.459 e. The minimum atomic E-state index is -1.22. The van der Waals surface area contributed by atoms with E-state index < -0.39 is 23.3 Å². The first-order chi connectivity index (χ1) is 7.72. The van der Waals surface area contributed by atoms with Crippen molar-refractivity contribution in [1.82, 2.24) is 0 Å². The highest BCUT2D eigenvalue weighted by atomic mass is 16.6. The molecule has 4 nitrogen and oxygen atoms in total. The molecule has 1 atom stereocenters. The van der Waals surface area contributed by atoms with Crippen molar-refractivity contribution in [3.63, 3.8) is 0 Å². The molecule has 0 amide bonds. The van der Waals surface area contributed by atoms with Crippen molar-refractivity contribution < 1.29 is 19.1 Å². The number of hydrogen-bond donors (Lipinski definition) is 0. The highest BCUT2D eigenvalue weighted by Crippen LogP contribution is 2.30. The molecule has 0 aromatic carbocycles. The molecule has 0 unspecified atom stereocenters. The zero-order valence-corrected chi connectivity index (χ0v) is 10.9. The predicted molar refractivity (Wildman–Crippen MR) is 62.4 cm³/mol. The Morgan fingerprint density at radius 1 is 1.18 bits per heavy atom. The highest BCUT2D eigenvalue weighted by Gasteiger charge is 2.40. The van der Waals surface area contributed by atoms with Gasteiger partial charge in [0.25, 0.3) is 0 Å². The van der Waals surface area contributed by atoms with Crippen LogP contribution in [0.2, 0.25) is 0 Å². The maximum atomic E-state index is 12.0. The molecular formula is C13H20O4. The van der Waals surface area contributed by atoms with Gasteiger partial charge in [-0.05, 0) is 40.5 Å². The third-order valence-corrected chi connectivity index (χ3v) is 2.84. The molecule has 0 saturated heterocycles. The molecule has 0 aromatic heterocycles. The number of esters is 1. The van der Waals surface area contributed by atoms with Gasteiger partial charge >= 0.3 is 5.97 Å². The van der Waals surface area contributed by atoms with Crippen LogP contribution in [-0.4, -0.2) is 23.1 Å². The fourth-order valence-electron chi connectivity index (χ4n) is 1.77. The van der Waals surface area contributed by atoms with E-state index in [1.54, 1.807) is 20.8 Å². The number of hydrogen-bond acceptors (Lipinski definition) is 4. The van der Waals surface area contributed by atoms with Gasteiger partial charge < -0.3 is 4.74 Å². The van der Waals surface area contributed by atoms with Crippen LogP contribution in [0.25, 0.3) is 0 Å². The SMILES string of the molecule is CC(=O)[C@@H](C(=O)OC(C)(C)C)C(=O)C1CCC1. The van der Waals surface area contributed by atoms with E-state index in [1.165, 1.54) is 6.92 Å². The normalized spacial score (nSPS) is 18.1. The molecule has 0 N–H and O–H groups in total. The van der Waals surface area contributed by atoms with E-state index in [1.807, 2.05) is 0 Å². The molecule has 0 aromatic rings.